The van der Waals surface area contributed by atoms with Gasteiger partial charge in [-0.3, -0.25) is 9.52 Å². The summed E-state index contributed by atoms with van der Waals surface area (Å²) in [4.78, 5) is 12.4. The monoisotopic (exact) mass is 464 g/mol. The highest BCUT2D eigenvalue weighted by Gasteiger charge is 2.17. The van der Waals surface area contributed by atoms with Crippen LogP contribution >= 0.6 is 23.2 Å². The molecule has 1 amide bonds. The maximum absolute atomic E-state index is 12.5. The van der Waals surface area contributed by atoms with Gasteiger partial charge in [0, 0.05) is 21.4 Å². The summed E-state index contributed by atoms with van der Waals surface area (Å²) < 4.78 is 33.0. The number of nitrogens with one attached hydrogen (secondary N) is 2. The van der Waals surface area contributed by atoms with Gasteiger partial charge in [-0.05, 0) is 73.7 Å². The van der Waals surface area contributed by atoms with Crippen LogP contribution in [0, 0.1) is 0 Å². The number of hydrogen-bond donors (Lipinski definition) is 2. The van der Waals surface area contributed by atoms with Crippen LogP contribution in [0.4, 0.5) is 11.4 Å². The molecule has 9 heteroatoms. The molecule has 0 radical (unpaired) electrons. The zero-order chi connectivity index (χ0) is 21.7. The number of hydrogen-bond acceptors (Lipinski definition) is 4. The van der Waals surface area contributed by atoms with E-state index in [0.29, 0.717) is 27.2 Å². The molecule has 0 bridgehead atoms. The van der Waals surface area contributed by atoms with Crippen molar-refractivity contribution in [3.8, 4) is 5.75 Å². The number of amides is 1. The van der Waals surface area contributed by atoms with E-state index in [9.17, 15) is 13.2 Å². The van der Waals surface area contributed by atoms with Crippen LogP contribution in [0.5, 0.6) is 5.75 Å². The number of halogens is 2. The van der Waals surface area contributed by atoms with Crippen LogP contribution in [-0.4, -0.2) is 20.4 Å². The fourth-order valence-corrected chi connectivity index (χ4v) is 3.86. The van der Waals surface area contributed by atoms with Gasteiger partial charge in [0.05, 0.1) is 4.90 Å². The smallest absolute Gasteiger partial charge is 0.265 e. The van der Waals surface area contributed by atoms with Crippen molar-refractivity contribution in [2.45, 2.75) is 17.9 Å². The molecule has 6 nitrogen and oxygen atoms in total. The number of ether oxygens (including phenoxy) is 1. The lowest BCUT2D eigenvalue weighted by Gasteiger charge is -2.15. The highest BCUT2D eigenvalue weighted by Crippen LogP contribution is 2.21. The van der Waals surface area contributed by atoms with Crippen LogP contribution < -0.4 is 14.8 Å². The van der Waals surface area contributed by atoms with Crippen LogP contribution in [-0.2, 0) is 14.8 Å². The average molecular weight is 465 g/mol. The summed E-state index contributed by atoms with van der Waals surface area (Å²) in [5.74, 6) is 0.0877. The Morgan fingerprint density at radius 2 is 1.53 bits per heavy atom. The lowest BCUT2D eigenvalue weighted by Crippen LogP contribution is -2.30. The molecule has 3 aromatic rings. The van der Waals surface area contributed by atoms with E-state index in [0.717, 1.165) is 0 Å². The first-order valence-electron chi connectivity index (χ1n) is 8.84. The largest absolute Gasteiger partial charge is 0.481 e. The number of carbonyl (C=O) groups is 1. The molecule has 0 aliphatic carbocycles. The van der Waals surface area contributed by atoms with Crippen molar-refractivity contribution in [1.82, 2.24) is 0 Å². The number of benzene rings is 3. The Kier molecular flexibility index (Phi) is 6.87. The molecule has 0 saturated carbocycles. The van der Waals surface area contributed by atoms with Crippen molar-refractivity contribution >= 4 is 50.5 Å². The van der Waals surface area contributed by atoms with E-state index < -0.39 is 16.1 Å². The summed E-state index contributed by atoms with van der Waals surface area (Å²) >= 11 is 11.7. The Labute approximate surface area is 184 Å². The molecule has 0 aliphatic rings. The van der Waals surface area contributed by atoms with Crippen molar-refractivity contribution in [2.75, 3.05) is 10.0 Å². The van der Waals surface area contributed by atoms with Crippen LogP contribution in [0.2, 0.25) is 10.0 Å². The number of anilines is 2. The molecule has 0 aliphatic heterocycles. The van der Waals surface area contributed by atoms with Crippen LogP contribution in [0.15, 0.2) is 77.7 Å². The predicted octanol–water partition coefficient (Wildman–Crippen LogP) is 5.20. The molecule has 0 spiro atoms. The van der Waals surface area contributed by atoms with Crippen molar-refractivity contribution in [1.29, 1.82) is 0 Å². The first kappa shape index (κ1) is 22.0. The molecule has 0 heterocycles. The Hall–Kier alpha value is -2.74. The molecule has 3 rings (SSSR count). The Bertz CT molecular complexity index is 1130. The van der Waals surface area contributed by atoms with Crippen LogP contribution in [0.1, 0.15) is 6.92 Å². The molecule has 3 aromatic carbocycles. The van der Waals surface area contributed by atoms with Gasteiger partial charge in [0.2, 0.25) is 0 Å². The van der Waals surface area contributed by atoms with Crippen LogP contribution in [0.25, 0.3) is 0 Å². The highest BCUT2D eigenvalue weighted by atomic mass is 35.5. The average Bonchev–Trinajstić information content (AvgIpc) is 2.70. The standard InChI is InChI=1S/C21H18Cl2N2O4S/c1-14(29-19-4-2-3-16(23)13-19)21(26)24-17-9-11-20(12-10-17)30(27,28)25-18-7-5-15(22)6-8-18/h2-14,25H,1H3,(H,24,26)/t14-/m1/s1. The summed E-state index contributed by atoms with van der Waals surface area (Å²) in [6, 6.07) is 18.8. The maximum atomic E-state index is 12.5. The van der Waals surface area contributed by atoms with E-state index in [1.807, 2.05) is 0 Å². The van der Waals surface area contributed by atoms with Gasteiger partial charge in [-0.15, -0.1) is 0 Å². The van der Waals surface area contributed by atoms with Gasteiger partial charge < -0.3 is 10.1 Å². The third-order valence-corrected chi connectivity index (χ3v) is 5.89. The lowest BCUT2D eigenvalue weighted by atomic mass is 10.3. The normalized spacial score (nSPS) is 12.1. The second-order valence-corrected chi connectivity index (χ2v) is 8.90. The third kappa shape index (κ3) is 5.89. The second-order valence-electron chi connectivity index (χ2n) is 6.34. The van der Waals surface area contributed by atoms with E-state index in [1.165, 1.54) is 24.3 Å². The fraction of sp³-hybridized carbons (Fsp3) is 0.0952. The molecule has 1 atom stereocenters. The van der Waals surface area contributed by atoms with Crippen molar-refractivity contribution in [2.24, 2.45) is 0 Å². The van der Waals surface area contributed by atoms with Gasteiger partial charge in [-0.2, -0.15) is 0 Å². The summed E-state index contributed by atoms with van der Waals surface area (Å²) in [7, 11) is -3.78. The predicted molar refractivity (Wildman–Crippen MR) is 119 cm³/mol. The van der Waals surface area contributed by atoms with E-state index in [-0.39, 0.29) is 10.8 Å². The number of rotatable bonds is 7. The lowest BCUT2D eigenvalue weighted by molar-refractivity contribution is -0.122. The van der Waals surface area contributed by atoms with Gasteiger partial charge >= 0.3 is 0 Å². The van der Waals surface area contributed by atoms with E-state index in [2.05, 4.69) is 10.0 Å². The summed E-state index contributed by atoms with van der Waals surface area (Å²) in [6.45, 7) is 1.60. The topological polar surface area (TPSA) is 84.5 Å². The molecule has 156 valence electrons. The van der Waals surface area contributed by atoms with Gasteiger partial charge in [-0.25, -0.2) is 8.42 Å². The van der Waals surface area contributed by atoms with Gasteiger partial charge in [-0.1, -0.05) is 29.3 Å². The molecule has 0 fully saturated rings. The molecule has 0 saturated heterocycles. The molecule has 0 unspecified atom stereocenters. The van der Waals surface area contributed by atoms with Crippen molar-refractivity contribution < 1.29 is 17.9 Å². The first-order valence-corrected chi connectivity index (χ1v) is 11.1. The van der Waals surface area contributed by atoms with E-state index in [4.69, 9.17) is 27.9 Å². The second kappa shape index (κ2) is 9.38. The summed E-state index contributed by atoms with van der Waals surface area (Å²) in [5, 5.41) is 3.69. The quantitative estimate of drug-likeness (QED) is 0.503. The third-order valence-electron chi connectivity index (χ3n) is 4.01. The molecule has 0 aromatic heterocycles. The van der Waals surface area contributed by atoms with E-state index in [1.54, 1.807) is 55.5 Å². The molecule has 2 N–H and O–H groups in total. The Morgan fingerprint density at radius 1 is 0.900 bits per heavy atom. The summed E-state index contributed by atoms with van der Waals surface area (Å²) in [5.41, 5.74) is 0.829. The van der Waals surface area contributed by atoms with Gasteiger partial charge in [0.25, 0.3) is 15.9 Å². The van der Waals surface area contributed by atoms with Crippen LogP contribution in [0.3, 0.4) is 0 Å². The molecule has 30 heavy (non-hydrogen) atoms. The van der Waals surface area contributed by atoms with Crippen molar-refractivity contribution in [3.63, 3.8) is 0 Å². The molecular weight excluding hydrogens is 447 g/mol. The SMILES string of the molecule is C[C@@H](Oc1cccc(Cl)c1)C(=O)Nc1ccc(S(=O)(=O)Nc2ccc(Cl)cc2)cc1. The van der Waals surface area contributed by atoms with Gasteiger partial charge in [0.1, 0.15) is 5.75 Å². The molecular formula is C21H18Cl2N2O4S. The minimum atomic E-state index is -3.78. The highest BCUT2D eigenvalue weighted by molar-refractivity contribution is 7.92. The Morgan fingerprint density at radius 3 is 2.17 bits per heavy atom. The Balaban J connectivity index is 1.63. The first-order chi connectivity index (χ1) is 14.2. The maximum Gasteiger partial charge on any atom is 0.265 e. The summed E-state index contributed by atoms with van der Waals surface area (Å²) in [6.07, 6.45) is -0.779. The number of sulfonamides is 1. The number of carbonyl (C=O) groups excluding carboxylic acids is 1. The zero-order valence-electron chi connectivity index (χ0n) is 15.8. The minimum Gasteiger partial charge on any atom is -0.481 e. The minimum absolute atomic E-state index is 0.0543. The van der Waals surface area contributed by atoms with Crippen molar-refractivity contribution in [3.05, 3.63) is 82.8 Å². The zero-order valence-corrected chi connectivity index (χ0v) is 18.1. The van der Waals surface area contributed by atoms with Gasteiger partial charge in [0.15, 0.2) is 6.10 Å². The van der Waals surface area contributed by atoms with E-state index >= 15 is 0 Å². The fourth-order valence-electron chi connectivity index (χ4n) is 2.49.